The van der Waals surface area contributed by atoms with Gasteiger partial charge in [0.25, 0.3) is 0 Å². The van der Waals surface area contributed by atoms with Crippen molar-refractivity contribution in [2.45, 2.75) is 0 Å². The molecule has 3 aromatic heterocycles. The van der Waals surface area contributed by atoms with Crippen molar-refractivity contribution < 1.29 is 0 Å². The Hall–Kier alpha value is -2.15. The van der Waals surface area contributed by atoms with Crippen LogP contribution in [0.3, 0.4) is 0 Å². The Morgan fingerprint density at radius 1 is 1.38 bits per heavy atom. The molecule has 0 amide bonds. The number of hydrogen-bond donors (Lipinski definition) is 2. The smallest absolute Gasteiger partial charge is 0.214 e. The van der Waals surface area contributed by atoms with Gasteiger partial charge >= 0.3 is 0 Å². The summed E-state index contributed by atoms with van der Waals surface area (Å²) in [4.78, 5) is 0. The maximum absolute atomic E-state index is 5.77. The maximum atomic E-state index is 5.77. The highest BCUT2D eigenvalue weighted by molar-refractivity contribution is 7.71. The molecule has 6 nitrogen and oxygen atoms in total. The van der Waals surface area contributed by atoms with Crippen LogP contribution in [0.1, 0.15) is 0 Å². The fourth-order valence-electron chi connectivity index (χ4n) is 1.60. The van der Waals surface area contributed by atoms with Crippen LogP contribution in [0.25, 0.3) is 16.9 Å². The van der Waals surface area contributed by atoms with Crippen molar-refractivity contribution in [3.05, 3.63) is 35.4 Å². The molecule has 0 saturated heterocycles. The van der Waals surface area contributed by atoms with Crippen LogP contribution in [0, 0.1) is 4.77 Å². The summed E-state index contributed by atoms with van der Waals surface area (Å²) in [7, 11) is 0. The Kier molecular flexibility index (Phi) is 1.80. The molecule has 0 aliphatic rings. The zero-order valence-electron chi connectivity index (χ0n) is 8.16. The average Bonchev–Trinajstić information content (AvgIpc) is 2.85. The molecular formula is C9H8N6S. The van der Waals surface area contributed by atoms with E-state index in [1.165, 1.54) is 4.68 Å². The Bertz CT molecular complexity index is 706. The number of hydrogen-bond acceptors (Lipinski definition) is 4. The second-order valence-electron chi connectivity index (χ2n) is 3.31. The van der Waals surface area contributed by atoms with Gasteiger partial charge in [-0.2, -0.15) is 10.2 Å². The van der Waals surface area contributed by atoms with E-state index in [4.69, 9.17) is 18.1 Å². The summed E-state index contributed by atoms with van der Waals surface area (Å²) in [5, 5.41) is 10.9. The second-order valence-corrected chi connectivity index (χ2v) is 3.70. The molecule has 3 heterocycles. The third kappa shape index (κ3) is 1.15. The molecule has 0 unspecified atom stereocenters. The summed E-state index contributed by atoms with van der Waals surface area (Å²) in [6.07, 6.45) is 3.57. The lowest BCUT2D eigenvalue weighted by atomic mass is 10.2. The van der Waals surface area contributed by atoms with E-state index < -0.39 is 0 Å². The summed E-state index contributed by atoms with van der Waals surface area (Å²) >= 11 is 4.96. The van der Waals surface area contributed by atoms with Gasteiger partial charge in [-0.05, 0) is 24.4 Å². The van der Waals surface area contributed by atoms with Crippen molar-refractivity contribution in [3.8, 4) is 11.4 Å². The number of nitrogens with one attached hydrogen (secondary N) is 1. The van der Waals surface area contributed by atoms with Gasteiger partial charge in [0.05, 0.1) is 17.3 Å². The van der Waals surface area contributed by atoms with Crippen LogP contribution in [0.2, 0.25) is 0 Å². The molecule has 0 saturated carbocycles. The van der Waals surface area contributed by atoms with Gasteiger partial charge in [-0.15, -0.1) is 0 Å². The normalized spacial score (nSPS) is 11.0. The topological polar surface area (TPSA) is 76.9 Å². The van der Waals surface area contributed by atoms with Gasteiger partial charge < -0.3 is 5.84 Å². The van der Waals surface area contributed by atoms with Crippen molar-refractivity contribution in [1.29, 1.82) is 0 Å². The maximum Gasteiger partial charge on any atom is 0.214 e. The molecule has 0 aliphatic carbocycles. The third-order valence-corrected chi connectivity index (χ3v) is 2.66. The molecule has 7 heteroatoms. The highest BCUT2D eigenvalue weighted by Gasteiger charge is 2.11. The third-order valence-electron chi connectivity index (χ3n) is 2.37. The van der Waals surface area contributed by atoms with E-state index >= 15 is 0 Å². The van der Waals surface area contributed by atoms with Crippen molar-refractivity contribution in [3.63, 3.8) is 0 Å². The lowest BCUT2D eigenvalue weighted by molar-refractivity contribution is 0.961. The fraction of sp³-hybridized carbons (Fsp3) is 0. The average molecular weight is 232 g/mol. The Morgan fingerprint density at radius 3 is 3.00 bits per heavy atom. The van der Waals surface area contributed by atoms with Gasteiger partial charge in [0.1, 0.15) is 0 Å². The van der Waals surface area contributed by atoms with Gasteiger partial charge in [0, 0.05) is 6.20 Å². The van der Waals surface area contributed by atoms with Crippen LogP contribution < -0.4 is 5.84 Å². The minimum absolute atomic E-state index is 0.380. The molecule has 0 fully saturated rings. The van der Waals surface area contributed by atoms with Crippen LogP contribution >= 0.6 is 12.2 Å². The number of nitrogen functional groups attached to an aromatic ring is 1. The van der Waals surface area contributed by atoms with Crippen molar-refractivity contribution in [1.82, 2.24) is 24.5 Å². The Morgan fingerprint density at radius 2 is 2.25 bits per heavy atom. The first kappa shape index (κ1) is 9.10. The molecular weight excluding hydrogens is 224 g/mol. The van der Waals surface area contributed by atoms with Gasteiger partial charge in [-0.1, -0.05) is 6.07 Å². The van der Waals surface area contributed by atoms with Crippen LogP contribution in [-0.4, -0.2) is 24.5 Å². The van der Waals surface area contributed by atoms with E-state index in [0.29, 0.717) is 10.6 Å². The second kappa shape index (κ2) is 3.17. The molecule has 0 bridgehead atoms. The Labute approximate surface area is 95.3 Å². The van der Waals surface area contributed by atoms with Crippen LogP contribution in [-0.2, 0) is 0 Å². The number of fused-ring (bicyclic) bond motifs is 1. The highest BCUT2D eigenvalue weighted by atomic mass is 32.1. The number of pyridine rings is 1. The molecule has 0 aromatic carbocycles. The molecule has 3 N–H and O–H groups in total. The van der Waals surface area contributed by atoms with Crippen LogP contribution in [0.15, 0.2) is 30.6 Å². The van der Waals surface area contributed by atoms with E-state index in [-0.39, 0.29) is 0 Å². The molecule has 16 heavy (non-hydrogen) atoms. The summed E-state index contributed by atoms with van der Waals surface area (Å²) < 4.78 is 3.47. The predicted octanol–water partition coefficient (Wildman–Crippen LogP) is 0.969. The number of nitrogens with two attached hydrogens (primary N) is 1. The molecule has 0 aliphatic heterocycles. The van der Waals surface area contributed by atoms with Crippen molar-refractivity contribution in [2.24, 2.45) is 0 Å². The van der Waals surface area contributed by atoms with E-state index in [0.717, 1.165) is 11.1 Å². The highest BCUT2D eigenvalue weighted by Crippen LogP contribution is 2.20. The summed E-state index contributed by atoms with van der Waals surface area (Å²) in [6, 6.07) is 5.78. The number of nitrogens with zero attached hydrogens (tertiary/aromatic N) is 4. The first-order valence-electron chi connectivity index (χ1n) is 4.62. The molecule has 3 rings (SSSR count). The number of H-pyrrole nitrogens is 1. The minimum Gasteiger partial charge on any atom is -0.335 e. The predicted molar refractivity (Wildman–Crippen MR) is 61.7 cm³/mol. The van der Waals surface area contributed by atoms with Crippen LogP contribution in [0.4, 0.5) is 0 Å². The van der Waals surface area contributed by atoms with E-state index in [1.807, 2.05) is 24.4 Å². The zero-order valence-corrected chi connectivity index (χ0v) is 8.98. The largest absolute Gasteiger partial charge is 0.335 e. The zero-order chi connectivity index (χ0) is 11.1. The molecule has 80 valence electrons. The molecule has 0 spiro atoms. The summed E-state index contributed by atoms with van der Waals surface area (Å²) in [5.41, 5.74) is 1.78. The summed E-state index contributed by atoms with van der Waals surface area (Å²) in [5.74, 6) is 6.34. The molecule has 0 atom stereocenters. The van der Waals surface area contributed by atoms with Gasteiger partial charge in [-0.25, -0.2) is 14.3 Å². The minimum atomic E-state index is 0.380. The Balaban J connectivity index is 2.34. The monoisotopic (exact) mass is 232 g/mol. The number of aromatic nitrogens is 5. The van der Waals surface area contributed by atoms with Crippen LogP contribution in [0.5, 0.6) is 0 Å². The van der Waals surface area contributed by atoms with E-state index in [9.17, 15) is 0 Å². The molecule has 0 radical (unpaired) electrons. The van der Waals surface area contributed by atoms with Crippen molar-refractivity contribution >= 4 is 17.7 Å². The number of rotatable bonds is 1. The van der Waals surface area contributed by atoms with Crippen molar-refractivity contribution in [2.75, 3.05) is 5.84 Å². The van der Waals surface area contributed by atoms with Gasteiger partial charge in [0.2, 0.25) is 4.77 Å². The molecule has 3 aromatic rings. The fourth-order valence-corrected chi connectivity index (χ4v) is 1.73. The van der Waals surface area contributed by atoms with Gasteiger partial charge in [0.15, 0.2) is 5.82 Å². The van der Waals surface area contributed by atoms with Gasteiger partial charge in [-0.3, -0.25) is 0 Å². The van der Waals surface area contributed by atoms with E-state index in [1.54, 1.807) is 10.7 Å². The lowest BCUT2D eigenvalue weighted by Gasteiger charge is -1.97. The first-order chi connectivity index (χ1) is 7.77. The SMILES string of the molecule is Nn1c(-c2cnn3ccccc23)n[nH]c1=S. The lowest BCUT2D eigenvalue weighted by Crippen LogP contribution is -2.09. The number of aromatic amines is 1. The quantitative estimate of drug-likeness (QED) is 0.484. The standard InChI is InChI=1S/C9H8N6S/c10-15-8(12-13-9(15)16)6-5-11-14-4-2-1-3-7(6)14/h1-5H,10H2,(H,13,16). The first-order valence-corrected chi connectivity index (χ1v) is 5.03. The summed E-state index contributed by atoms with van der Waals surface area (Å²) in [6.45, 7) is 0. The van der Waals surface area contributed by atoms with E-state index in [2.05, 4.69) is 15.3 Å².